The number of imidazole rings is 1. The lowest BCUT2D eigenvalue weighted by atomic mass is 9.95. The number of likely N-dealkylation sites (tertiary alicyclic amines) is 1. The molecule has 6 nitrogen and oxygen atoms in total. The molecule has 2 aliphatic rings. The fourth-order valence-corrected chi connectivity index (χ4v) is 4.60. The molecule has 29 heavy (non-hydrogen) atoms. The van der Waals surface area contributed by atoms with E-state index in [9.17, 15) is 4.79 Å². The zero-order valence-corrected chi connectivity index (χ0v) is 17.7. The van der Waals surface area contributed by atoms with E-state index in [0.717, 1.165) is 57.1 Å². The first-order valence-electron chi connectivity index (χ1n) is 10.9. The Morgan fingerprint density at radius 1 is 1.03 bits per heavy atom. The predicted octanol–water partition coefficient (Wildman–Crippen LogP) is 3.00. The van der Waals surface area contributed by atoms with E-state index in [-0.39, 0.29) is 5.91 Å². The minimum Gasteiger partial charge on any atom is -0.371 e. The van der Waals surface area contributed by atoms with E-state index in [4.69, 9.17) is 0 Å². The summed E-state index contributed by atoms with van der Waals surface area (Å²) in [5.41, 5.74) is 2.47. The van der Waals surface area contributed by atoms with E-state index in [1.165, 1.54) is 18.5 Å². The SMILES string of the molecule is CC(=O)N1CCC(CNC2CCN(c3ccc(-n4ccnc4C)cc3)CC2)CC1. The van der Waals surface area contributed by atoms with Gasteiger partial charge in [-0.25, -0.2) is 4.98 Å². The van der Waals surface area contributed by atoms with Gasteiger partial charge in [0.25, 0.3) is 0 Å². The molecule has 1 N–H and O–H groups in total. The van der Waals surface area contributed by atoms with E-state index in [1.54, 1.807) is 6.92 Å². The number of carbonyl (C=O) groups is 1. The van der Waals surface area contributed by atoms with Crippen LogP contribution in [0.5, 0.6) is 0 Å². The Morgan fingerprint density at radius 3 is 2.28 bits per heavy atom. The maximum atomic E-state index is 11.5. The van der Waals surface area contributed by atoms with Crippen molar-refractivity contribution in [2.45, 2.75) is 45.6 Å². The number of benzene rings is 1. The summed E-state index contributed by atoms with van der Waals surface area (Å²) in [7, 11) is 0. The second kappa shape index (κ2) is 8.99. The molecule has 1 amide bonds. The first-order valence-corrected chi connectivity index (χ1v) is 10.9. The third kappa shape index (κ3) is 4.81. The molecule has 0 unspecified atom stereocenters. The molecule has 0 spiro atoms. The van der Waals surface area contributed by atoms with Gasteiger partial charge in [-0.05, 0) is 69.3 Å². The Morgan fingerprint density at radius 2 is 1.69 bits per heavy atom. The molecule has 0 atom stereocenters. The molecule has 6 heteroatoms. The molecule has 0 radical (unpaired) electrons. The molecule has 1 aromatic carbocycles. The largest absolute Gasteiger partial charge is 0.371 e. The van der Waals surface area contributed by atoms with Crippen molar-refractivity contribution in [1.29, 1.82) is 0 Å². The number of hydrogen-bond donors (Lipinski definition) is 1. The summed E-state index contributed by atoms with van der Waals surface area (Å²) in [5.74, 6) is 1.94. The third-order valence-corrected chi connectivity index (χ3v) is 6.57. The van der Waals surface area contributed by atoms with Gasteiger partial charge in [-0.15, -0.1) is 0 Å². The summed E-state index contributed by atoms with van der Waals surface area (Å²) in [6.07, 6.45) is 8.49. The van der Waals surface area contributed by atoms with Crippen LogP contribution < -0.4 is 10.2 Å². The van der Waals surface area contributed by atoms with E-state index in [1.807, 2.05) is 24.2 Å². The van der Waals surface area contributed by atoms with Crippen LogP contribution in [0.2, 0.25) is 0 Å². The van der Waals surface area contributed by atoms with Crippen molar-refractivity contribution >= 4 is 11.6 Å². The third-order valence-electron chi connectivity index (χ3n) is 6.57. The molecule has 2 aromatic rings. The highest BCUT2D eigenvalue weighted by Crippen LogP contribution is 2.23. The summed E-state index contributed by atoms with van der Waals surface area (Å²) in [6, 6.07) is 9.44. The van der Waals surface area contributed by atoms with Crippen LogP contribution in [0.25, 0.3) is 5.69 Å². The first-order chi connectivity index (χ1) is 14.1. The fourth-order valence-electron chi connectivity index (χ4n) is 4.60. The smallest absolute Gasteiger partial charge is 0.219 e. The molecule has 2 fully saturated rings. The van der Waals surface area contributed by atoms with Gasteiger partial charge in [0.2, 0.25) is 5.91 Å². The van der Waals surface area contributed by atoms with Gasteiger partial charge in [0.1, 0.15) is 5.82 Å². The van der Waals surface area contributed by atoms with Crippen LogP contribution in [0.3, 0.4) is 0 Å². The minimum atomic E-state index is 0.219. The second-order valence-corrected chi connectivity index (χ2v) is 8.48. The topological polar surface area (TPSA) is 53.4 Å². The molecular formula is C23H33N5O. The van der Waals surface area contributed by atoms with Gasteiger partial charge < -0.3 is 19.7 Å². The molecule has 1 aromatic heterocycles. The van der Waals surface area contributed by atoms with E-state index in [2.05, 4.69) is 44.0 Å². The summed E-state index contributed by atoms with van der Waals surface area (Å²) < 4.78 is 2.11. The van der Waals surface area contributed by atoms with Crippen molar-refractivity contribution in [2.75, 3.05) is 37.6 Å². The molecule has 2 saturated heterocycles. The Balaban J connectivity index is 1.22. The number of anilines is 1. The molecule has 3 heterocycles. The maximum Gasteiger partial charge on any atom is 0.219 e. The lowest BCUT2D eigenvalue weighted by molar-refractivity contribution is -0.130. The van der Waals surface area contributed by atoms with Gasteiger partial charge in [0, 0.05) is 62.9 Å². The van der Waals surface area contributed by atoms with Crippen molar-refractivity contribution in [2.24, 2.45) is 5.92 Å². The highest BCUT2D eigenvalue weighted by molar-refractivity contribution is 5.73. The first kappa shape index (κ1) is 20.0. The standard InChI is InChI=1S/C23H33N5O/c1-18-24-11-16-28(18)23-5-3-22(4-6-23)27-14-9-21(10-15-27)25-17-20-7-12-26(13-8-20)19(2)29/h3-6,11,16,20-21,25H,7-10,12-15,17H2,1-2H3. The van der Waals surface area contributed by atoms with E-state index < -0.39 is 0 Å². The van der Waals surface area contributed by atoms with Crippen molar-refractivity contribution in [3.8, 4) is 5.69 Å². The lowest BCUT2D eigenvalue weighted by Crippen LogP contribution is -2.45. The minimum absolute atomic E-state index is 0.219. The van der Waals surface area contributed by atoms with Crippen LogP contribution >= 0.6 is 0 Å². The number of aromatic nitrogens is 2. The summed E-state index contributed by atoms with van der Waals surface area (Å²) in [5, 5.41) is 3.80. The zero-order chi connectivity index (χ0) is 20.2. The van der Waals surface area contributed by atoms with Gasteiger partial charge in [-0.1, -0.05) is 0 Å². The van der Waals surface area contributed by atoms with Gasteiger partial charge >= 0.3 is 0 Å². The number of rotatable bonds is 5. The van der Waals surface area contributed by atoms with Crippen LogP contribution in [0.1, 0.15) is 38.4 Å². The number of nitrogens with zero attached hydrogens (tertiary/aromatic N) is 4. The lowest BCUT2D eigenvalue weighted by Gasteiger charge is -2.36. The van der Waals surface area contributed by atoms with Crippen molar-refractivity contribution < 1.29 is 4.79 Å². The summed E-state index contributed by atoms with van der Waals surface area (Å²) >= 11 is 0. The molecule has 4 rings (SSSR count). The highest BCUT2D eigenvalue weighted by Gasteiger charge is 2.23. The van der Waals surface area contributed by atoms with Crippen molar-refractivity contribution in [1.82, 2.24) is 19.8 Å². The average molecular weight is 396 g/mol. The van der Waals surface area contributed by atoms with Gasteiger partial charge in [0.15, 0.2) is 0 Å². The maximum absolute atomic E-state index is 11.5. The van der Waals surface area contributed by atoms with Crippen molar-refractivity contribution in [3.05, 3.63) is 42.5 Å². The number of amides is 1. The Bertz CT molecular complexity index is 799. The fraction of sp³-hybridized carbons (Fsp3) is 0.565. The van der Waals surface area contributed by atoms with Gasteiger partial charge in [-0.3, -0.25) is 4.79 Å². The van der Waals surface area contributed by atoms with Crippen LogP contribution in [0.4, 0.5) is 5.69 Å². The second-order valence-electron chi connectivity index (χ2n) is 8.48. The molecule has 0 saturated carbocycles. The van der Waals surface area contributed by atoms with Crippen LogP contribution in [0.15, 0.2) is 36.7 Å². The molecular weight excluding hydrogens is 362 g/mol. The summed E-state index contributed by atoms with van der Waals surface area (Å²) in [6.45, 7) is 8.85. The van der Waals surface area contributed by atoms with E-state index in [0.29, 0.717) is 12.0 Å². The highest BCUT2D eigenvalue weighted by atomic mass is 16.2. The number of carbonyl (C=O) groups excluding carboxylic acids is 1. The zero-order valence-electron chi connectivity index (χ0n) is 17.7. The molecule has 156 valence electrons. The molecule has 0 bridgehead atoms. The molecule has 2 aliphatic heterocycles. The normalized spacial score (nSPS) is 19.0. The number of piperidine rings is 2. The predicted molar refractivity (Wildman–Crippen MR) is 117 cm³/mol. The van der Waals surface area contributed by atoms with Gasteiger partial charge in [-0.2, -0.15) is 0 Å². The number of nitrogens with one attached hydrogen (secondary N) is 1. The number of aryl methyl sites for hydroxylation is 1. The van der Waals surface area contributed by atoms with Crippen LogP contribution in [-0.4, -0.2) is 59.1 Å². The van der Waals surface area contributed by atoms with E-state index >= 15 is 0 Å². The van der Waals surface area contributed by atoms with Crippen molar-refractivity contribution in [3.63, 3.8) is 0 Å². The Hall–Kier alpha value is -2.34. The monoisotopic (exact) mass is 395 g/mol. The average Bonchev–Trinajstić information content (AvgIpc) is 3.19. The quantitative estimate of drug-likeness (QED) is 0.846. The van der Waals surface area contributed by atoms with Crippen LogP contribution in [-0.2, 0) is 4.79 Å². The van der Waals surface area contributed by atoms with Gasteiger partial charge in [0.05, 0.1) is 0 Å². The Kier molecular flexibility index (Phi) is 6.19. The van der Waals surface area contributed by atoms with Crippen LogP contribution in [0, 0.1) is 12.8 Å². The number of hydrogen-bond acceptors (Lipinski definition) is 4. The molecule has 0 aliphatic carbocycles. The summed E-state index contributed by atoms with van der Waals surface area (Å²) in [4.78, 5) is 20.2. The Labute approximate surface area is 173 Å².